The number of para-hydroxylation sites is 1. The van der Waals surface area contributed by atoms with Gasteiger partial charge in [0.15, 0.2) is 0 Å². The van der Waals surface area contributed by atoms with Gasteiger partial charge < -0.3 is 10.6 Å². The van der Waals surface area contributed by atoms with Gasteiger partial charge in [-0.2, -0.15) is 0 Å². The second-order valence-electron chi connectivity index (χ2n) is 3.95. The zero-order valence-electron chi connectivity index (χ0n) is 8.93. The summed E-state index contributed by atoms with van der Waals surface area (Å²) in [6.45, 7) is 0.982. The van der Waals surface area contributed by atoms with Crippen LogP contribution in [-0.4, -0.2) is 11.5 Å². The van der Waals surface area contributed by atoms with E-state index in [0.29, 0.717) is 5.82 Å². The van der Waals surface area contributed by atoms with Crippen molar-refractivity contribution in [3.63, 3.8) is 0 Å². The minimum atomic E-state index is 0.571. The number of anilines is 3. The molecule has 0 unspecified atom stereocenters. The van der Waals surface area contributed by atoms with Crippen LogP contribution in [0, 0.1) is 0 Å². The van der Waals surface area contributed by atoms with E-state index in [1.165, 1.54) is 11.3 Å². The lowest BCUT2D eigenvalue weighted by atomic mass is 10.2. The minimum absolute atomic E-state index is 0.571. The summed E-state index contributed by atoms with van der Waals surface area (Å²) in [6.07, 6.45) is 1.08. The number of hydrogen-bond acceptors (Lipinski definition) is 3. The lowest BCUT2D eigenvalue weighted by Crippen LogP contribution is -2.15. The number of aromatic nitrogens is 1. The highest BCUT2D eigenvalue weighted by Crippen LogP contribution is 2.33. The van der Waals surface area contributed by atoms with Crippen molar-refractivity contribution in [2.24, 2.45) is 0 Å². The Kier molecular flexibility index (Phi) is 2.03. The molecule has 1 aliphatic heterocycles. The van der Waals surface area contributed by atoms with Gasteiger partial charge in [-0.05, 0) is 30.2 Å². The molecule has 3 heteroatoms. The van der Waals surface area contributed by atoms with E-state index in [9.17, 15) is 0 Å². The van der Waals surface area contributed by atoms with E-state index >= 15 is 0 Å². The van der Waals surface area contributed by atoms with Crippen LogP contribution in [0.4, 0.5) is 17.3 Å². The third kappa shape index (κ3) is 1.41. The van der Waals surface area contributed by atoms with Gasteiger partial charge in [0.05, 0.1) is 0 Å². The first-order valence-corrected chi connectivity index (χ1v) is 5.42. The van der Waals surface area contributed by atoms with Crippen molar-refractivity contribution in [2.45, 2.75) is 6.42 Å². The second-order valence-corrected chi connectivity index (χ2v) is 3.95. The van der Waals surface area contributed by atoms with Gasteiger partial charge in [0.25, 0.3) is 0 Å². The van der Waals surface area contributed by atoms with Gasteiger partial charge >= 0.3 is 0 Å². The third-order valence-electron chi connectivity index (χ3n) is 2.92. The first-order chi connectivity index (χ1) is 7.84. The van der Waals surface area contributed by atoms with Crippen LogP contribution in [0.25, 0.3) is 0 Å². The molecule has 0 saturated carbocycles. The van der Waals surface area contributed by atoms with Crippen LogP contribution in [0.3, 0.4) is 0 Å². The van der Waals surface area contributed by atoms with Crippen LogP contribution in [0.1, 0.15) is 5.56 Å². The molecule has 3 nitrogen and oxygen atoms in total. The Hall–Kier alpha value is -2.03. The molecule has 0 spiro atoms. The molecule has 3 rings (SSSR count). The SMILES string of the molecule is Nc1cccc(N2CCc3ccccc32)n1. The molecule has 0 amide bonds. The zero-order valence-corrected chi connectivity index (χ0v) is 8.93. The highest BCUT2D eigenvalue weighted by molar-refractivity contribution is 5.68. The summed E-state index contributed by atoms with van der Waals surface area (Å²) in [4.78, 5) is 6.57. The molecule has 0 fully saturated rings. The predicted octanol–water partition coefficient (Wildman–Crippen LogP) is 2.36. The van der Waals surface area contributed by atoms with Crippen molar-refractivity contribution in [3.05, 3.63) is 48.0 Å². The largest absolute Gasteiger partial charge is 0.384 e. The molecule has 0 saturated heterocycles. The maximum atomic E-state index is 5.71. The molecule has 0 bridgehead atoms. The van der Waals surface area contributed by atoms with E-state index < -0.39 is 0 Å². The Morgan fingerprint density at radius 2 is 1.94 bits per heavy atom. The fourth-order valence-corrected chi connectivity index (χ4v) is 2.17. The van der Waals surface area contributed by atoms with Crippen molar-refractivity contribution < 1.29 is 0 Å². The molecule has 80 valence electrons. The Labute approximate surface area is 94.5 Å². The molecule has 2 N–H and O–H groups in total. The van der Waals surface area contributed by atoms with Crippen LogP contribution in [0.15, 0.2) is 42.5 Å². The number of nitrogens with zero attached hydrogens (tertiary/aromatic N) is 2. The molecule has 2 heterocycles. The summed E-state index contributed by atoms with van der Waals surface area (Å²) in [5, 5.41) is 0. The number of nitrogens with two attached hydrogens (primary N) is 1. The molecule has 0 radical (unpaired) electrons. The van der Waals surface area contributed by atoms with Gasteiger partial charge in [-0.3, -0.25) is 0 Å². The van der Waals surface area contributed by atoms with Crippen molar-refractivity contribution in [1.82, 2.24) is 4.98 Å². The van der Waals surface area contributed by atoms with Crippen LogP contribution >= 0.6 is 0 Å². The molecule has 1 aliphatic rings. The fourth-order valence-electron chi connectivity index (χ4n) is 2.17. The monoisotopic (exact) mass is 211 g/mol. The lowest BCUT2D eigenvalue weighted by Gasteiger charge is -2.18. The van der Waals surface area contributed by atoms with Crippen molar-refractivity contribution in [3.8, 4) is 0 Å². The van der Waals surface area contributed by atoms with Crippen molar-refractivity contribution >= 4 is 17.3 Å². The minimum Gasteiger partial charge on any atom is -0.384 e. The van der Waals surface area contributed by atoms with E-state index in [1.54, 1.807) is 0 Å². The standard InChI is InChI=1S/C13H13N3/c14-12-6-3-7-13(15-12)16-9-8-10-4-1-2-5-11(10)16/h1-7H,8-9H2,(H2,14,15). The van der Waals surface area contributed by atoms with Crippen molar-refractivity contribution in [2.75, 3.05) is 17.2 Å². The number of fused-ring (bicyclic) bond motifs is 1. The van der Waals surface area contributed by atoms with Crippen molar-refractivity contribution in [1.29, 1.82) is 0 Å². The number of nitrogen functional groups attached to an aromatic ring is 1. The van der Waals surface area contributed by atoms with E-state index in [2.05, 4.69) is 34.1 Å². The number of rotatable bonds is 1. The Morgan fingerprint density at radius 3 is 2.81 bits per heavy atom. The normalized spacial score (nSPS) is 13.9. The van der Waals surface area contributed by atoms with Gasteiger partial charge in [-0.25, -0.2) is 4.98 Å². The summed E-state index contributed by atoms with van der Waals surface area (Å²) in [5.74, 6) is 1.51. The van der Waals surface area contributed by atoms with Gasteiger partial charge in [0.1, 0.15) is 11.6 Å². The van der Waals surface area contributed by atoms with Crippen LogP contribution < -0.4 is 10.6 Å². The molecule has 1 aromatic carbocycles. The molecule has 1 aromatic heterocycles. The lowest BCUT2D eigenvalue weighted by molar-refractivity contribution is 0.976. The number of pyridine rings is 1. The summed E-state index contributed by atoms with van der Waals surface area (Å²) < 4.78 is 0. The third-order valence-corrected chi connectivity index (χ3v) is 2.92. The maximum absolute atomic E-state index is 5.71. The molecular formula is C13H13N3. The van der Waals surface area contributed by atoms with E-state index in [0.717, 1.165) is 18.8 Å². The summed E-state index contributed by atoms with van der Waals surface area (Å²) >= 11 is 0. The molecule has 2 aromatic rings. The van der Waals surface area contributed by atoms with Gasteiger partial charge in [0, 0.05) is 12.2 Å². The molecular weight excluding hydrogens is 198 g/mol. The first kappa shape index (κ1) is 9.21. The Balaban J connectivity index is 2.05. The fraction of sp³-hybridized carbons (Fsp3) is 0.154. The molecule has 0 atom stereocenters. The smallest absolute Gasteiger partial charge is 0.135 e. The van der Waals surface area contributed by atoms with Gasteiger partial charge in [-0.1, -0.05) is 24.3 Å². The maximum Gasteiger partial charge on any atom is 0.135 e. The topological polar surface area (TPSA) is 42.1 Å². The number of hydrogen-bond donors (Lipinski definition) is 1. The van der Waals surface area contributed by atoms with Gasteiger partial charge in [0.2, 0.25) is 0 Å². The summed E-state index contributed by atoms with van der Waals surface area (Å²) in [5.41, 5.74) is 8.34. The molecule has 0 aliphatic carbocycles. The average Bonchev–Trinajstić information content (AvgIpc) is 2.72. The van der Waals surface area contributed by atoms with E-state index in [-0.39, 0.29) is 0 Å². The summed E-state index contributed by atoms with van der Waals surface area (Å²) in [6, 6.07) is 14.2. The predicted molar refractivity (Wildman–Crippen MR) is 65.8 cm³/mol. The van der Waals surface area contributed by atoms with E-state index in [1.807, 2.05) is 18.2 Å². The van der Waals surface area contributed by atoms with E-state index in [4.69, 9.17) is 5.73 Å². The van der Waals surface area contributed by atoms with Gasteiger partial charge in [-0.15, -0.1) is 0 Å². The Morgan fingerprint density at radius 1 is 1.06 bits per heavy atom. The highest BCUT2D eigenvalue weighted by Gasteiger charge is 2.20. The average molecular weight is 211 g/mol. The second kappa shape index (κ2) is 3.52. The molecule has 16 heavy (non-hydrogen) atoms. The summed E-state index contributed by atoms with van der Waals surface area (Å²) in [7, 11) is 0. The first-order valence-electron chi connectivity index (χ1n) is 5.42. The van der Waals surface area contributed by atoms with Crippen LogP contribution in [-0.2, 0) is 6.42 Å². The Bertz CT molecular complexity index is 522. The number of benzene rings is 1. The quantitative estimate of drug-likeness (QED) is 0.787. The van der Waals surface area contributed by atoms with Crippen LogP contribution in [0.2, 0.25) is 0 Å². The highest BCUT2D eigenvalue weighted by atomic mass is 15.2. The zero-order chi connectivity index (χ0) is 11.0. The van der Waals surface area contributed by atoms with Crippen LogP contribution in [0.5, 0.6) is 0 Å².